The standard InChI is InChI=1S/C20H23BrN2O5S/c1-4-12-20(2,19(25)28-3)22-18(24)14-6-5-7-17(13-14)29(26,27)23-16-10-8-15(21)9-11-16/h5-11,13,23H,4,12H2,1-3H3,(H,22,24). The van der Waals surface area contributed by atoms with Crippen LogP contribution in [0.4, 0.5) is 5.69 Å². The average Bonchev–Trinajstić information content (AvgIpc) is 2.69. The zero-order chi connectivity index (χ0) is 21.7. The summed E-state index contributed by atoms with van der Waals surface area (Å²) in [4.78, 5) is 24.7. The van der Waals surface area contributed by atoms with Gasteiger partial charge in [-0.05, 0) is 55.8 Å². The van der Waals surface area contributed by atoms with Gasteiger partial charge in [0.2, 0.25) is 0 Å². The number of amides is 1. The number of carbonyl (C=O) groups is 2. The maximum Gasteiger partial charge on any atom is 0.331 e. The summed E-state index contributed by atoms with van der Waals surface area (Å²) in [5, 5.41) is 2.66. The van der Waals surface area contributed by atoms with Gasteiger partial charge in [0.25, 0.3) is 15.9 Å². The van der Waals surface area contributed by atoms with Crippen LogP contribution < -0.4 is 10.0 Å². The first-order valence-electron chi connectivity index (χ1n) is 8.90. The van der Waals surface area contributed by atoms with Crippen LogP contribution in [-0.2, 0) is 19.6 Å². The van der Waals surface area contributed by atoms with E-state index in [1.165, 1.54) is 31.4 Å². The molecule has 29 heavy (non-hydrogen) atoms. The summed E-state index contributed by atoms with van der Waals surface area (Å²) in [6.45, 7) is 3.46. The lowest BCUT2D eigenvalue weighted by atomic mass is 9.95. The number of sulfonamides is 1. The van der Waals surface area contributed by atoms with E-state index in [1.54, 1.807) is 31.2 Å². The average molecular weight is 483 g/mol. The molecule has 7 nitrogen and oxygen atoms in total. The van der Waals surface area contributed by atoms with Crippen molar-refractivity contribution >= 4 is 43.5 Å². The molecule has 0 aliphatic carbocycles. The van der Waals surface area contributed by atoms with E-state index in [0.29, 0.717) is 18.5 Å². The monoisotopic (exact) mass is 482 g/mol. The molecule has 1 atom stereocenters. The minimum Gasteiger partial charge on any atom is -0.467 e. The first-order chi connectivity index (χ1) is 13.6. The number of benzene rings is 2. The van der Waals surface area contributed by atoms with Gasteiger partial charge in [0, 0.05) is 15.7 Å². The Labute approximate surface area is 179 Å². The van der Waals surface area contributed by atoms with Crippen LogP contribution >= 0.6 is 15.9 Å². The van der Waals surface area contributed by atoms with E-state index >= 15 is 0 Å². The molecule has 2 N–H and O–H groups in total. The Morgan fingerprint density at radius 2 is 1.79 bits per heavy atom. The minimum absolute atomic E-state index is 0.0664. The van der Waals surface area contributed by atoms with Gasteiger partial charge in [0.05, 0.1) is 12.0 Å². The Kier molecular flexibility index (Phi) is 7.43. The fraction of sp³-hybridized carbons (Fsp3) is 0.300. The van der Waals surface area contributed by atoms with Crippen LogP contribution in [0.25, 0.3) is 0 Å². The van der Waals surface area contributed by atoms with Gasteiger partial charge in [-0.25, -0.2) is 13.2 Å². The molecule has 9 heteroatoms. The van der Waals surface area contributed by atoms with Gasteiger partial charge in [-0.3, -0.25) is 9.52 Å². The van der Waals surface area contributed by atoms with Crippen LogP contribution in [0.1, 0.15) is 37.0 Å². The number of anilines is 1. The summed E-state index contributed by atoms with van der Waals surface area (Å²) >= 11 is 3.29. The molecule has 0 spiro atoms. The maximum absolute atomic E-state index is 12.7. The van der Waals surface area contributed by atoms with E-state index in [-0.39, 0.29) is 10.5 Å². The molecule has 0 aliphatic rings. The first kappa shape index (κ1) is 22.9. The molecule has 0 saturated carbocycles. The molecule has 156 valence electrons. The molecule has 2 aromatic rings. The first-order valence-corrected chi connectivity index (χ1v) is 11.2. The largest absolute Gasteiger partial charge is 0.467 e. The van der Waals surface area contributed by atoms with E-state index < -0.39 is 27.4 Å². The number of halogens is 1. The van der Waals surface area contributed by atoms with Crippen LogP contribution in [0.3, 0.4) is 0 Å². The van der Waals surface area contributed by atoms with Gasteiger partial charge >= 0.3 is 5.97 Å². The highest BCUT2D eigenvalue weighted by atomic mass is 79.9. The van der Waals surface area contributed by atoms with Crippen LogP contribution in [0.2, 0.25) is 0 Å². The van der Waals surface area contributed by atoms with Crippen molar-refractivity contribution < 1.29 is 22.7 Å². The molecule has 2 aromatic carbocycles. The number of hydrogen-bond acceptors (Lipinski definition) is 5. The number of hydrogen-bond donors (Lipinski definition) is 2. The van der Waals surface area contributed by atoms with Crippen molar-refractivity contribution in [2.45, 2.75) is 37.1 Å². The molecule has 0 aliphatic heterocycles. The Balaban J connectivity index is 2.26. The minimum atomic E-state index is -3.89. The Hall–Kier alpha value is -2.39. The van der Waals surface area contributed by atoms with Crippen molar-refractivity contribution in [1.29, 1.82) is 0 Å². The van der Waals surface area contributed by atoms with Crippen molar-refractivity contribution in [3.05, 3.63) is 58.6 Å². The number of ether oxygens (including phenoxy) is 1. The summed E-state index contributed by atoms with van der Waals surface area (Å²) in [6.07, 6.45) is 1.03. The van der Waals surface area contributed by atoms with Gasteiger partial charge in [-0.1, -0.05) is 35.3 Å². The molecular formula is C20H23BrN2O5S. The predicted octanol–water partition coefficient (Wildman–Crippen LogP) is 3.71. The number of methoxy groups -OCH3 is 1. The SMILES string of the molecule is CCCC(C)(NC(=O)c1cccc(S(=O)(=O)Nc2ccc(Br)cc2)c1)C(=O)OC. The van der Waals surface area contributed by atoms with Crippen LogP contribution in [0.15, 0.2) is 57.9 Å². The van der Waals surface area contributed by atoms with Crippen LogP contribution in [0.5, 0.6) is 0 Å². The zero-order valence-corrected chi connectivity index (χ0v) is 18.8. The van der Waals surface area contributed by atoms with Gasteiger partial charge < -0.3 is 10.1 Å². The number of carbonyl (C=O) groups excluding carboxylic acids is 2. The highest BCUT2D eigenvalue weighted by Gasteiger charge is 2.35. The second-order valence-electron chi connectivity index (χ2n) is 6.67. The summed E-state index contributed by atoms with van der Waals surface area (Å²) in [6, 6.07) is 12.3. The quantitative estimate of drug-likeness (QED) is 0.558. The summed E-state index contributed by atoms with van der Waals surface area (Å²) in [5.74, 6) is -1.12. The third kappa shape index (κ3) is 5.80. The number of nitrogens with one attached hydrogen (secondary N) is 2. The Morgan fingerprint density at radius 3 is 2.38 bits per heavy atom. The van der Waals surface area contributed by atoms with Crippen molar-refractivity contribution in [3.8, 4) is 0 Å². The molecule has 0 bridgehead atoms. The lowest BCUT2D eigenvalue weighted by molar-refractivity contribution is -0.147. The zero-order valence-electron chi connectivity index (χ0n) is 16.4. The van der Waals surface area contributed by atoms with Crippen molar-refractivity contribution in [3.63, 3.8) is 0 Å². The molecule has 0 aromatic heterocycles. The molecule has 0 fully saturated rings. The summed E-state index contributed by atoms with van der Waals surface area (Å²) in [5.41, 5.74) is -0.690. The van der Waals surface area contributed by atoms with Gasteiger partial charge in [0.1, 0.15) is 5.54 Å². The van der Waals surface area contributed by atoms with Gasteiger partial charge in [0.15, 0.2) is 0 Å². The Bertz CT molecular complexity index is 992. The second kappa shape index (κ2) is 9.41. The second-order valence-corrected chi connectivity index (χ2v) is 9.27. The maximum atomic E-state index is 12.7. The van der Waals surface area contributed by atoms with E-state index in [0.717, 1.165) is 4.47 Å². The third-order valence-corrected chi connectivity index (χ3v) is 6.19. The lowest BCUT2D eigenvalue weighted by Crippen LogP contribution is -2.52. The fourth-order valence-corrected chi connectivity index (χ4v) is 4.17. The normalized spacial score (nSPS) is 13.2. The van der Waals surface area contributed by atoms with Crippen molar-refractivity contribution in [2.24, 2.45) is 0 Å². The number of rotatable bonds is 8. The van der Waals surface area contributed by atoms with Crippen LogP contribution in [-0.4, -0.2) is 32.9 Å². The molecule has 0 radical (unpaired) electrons. The van der Waals surface area contributed by atoms with E-state index in [4.69, 9.17) is 4.74 Å². The molecular weight excluding hydrogens is 460 g/mol. The van der Waals surface area contributed by atoms with E-state index in [2.05, 4.69) is 26.0 Å². The molecule has 2 rings (SSSR count). The van der Waals surface area contributed by atoms with Gasteiger partial charge in [-0.2, -0.15) is 0 Å². The van der Waals surface area contributed by atoms with E-state index in [9.17, 15) is 18.0 Å². The topological polar surface area (TPSA) is 102 Å². The highest BCUT2D eigenvalue weighted by Crippen LogP contribution is 2.20. The van der Waals surface area contributed by atoms with E-state index in [1.807, 2.05) is 6.92 Å². The van der Waals surface area contributed by atoms with Crippen molar-refractivity contribution in [1.82, 2.24) is 5.32 Å². The van der Waals surface area contributed by atoms with Gasteiger partial charge in [-0.15, -0.1) is 0 Å². The van der Waals surface area contributed by atoms with Crippen LogP contribution in [0, 0.1) is 0 Å². The lowest BCUT2D eigenvalue weighted by Gasteiger charge is -2.27. The highest BCUT2D eigenvalue weighted by molar-refractivity contribution is 9.10. The predicted molar refractivity (Wildman–Crippen MR) is 114 cm³/mol. The molecule has 1 unspecified atom stereocenters. The smallest absolute Gasteiger partial charge is 0.331 e. The number of esters is 1. The third-order valence-electron chi connectivity index (χ3n) is 4.28. The molecule has 1 amide bonds. The summed E-state index contributed by atoms with van der Waals surface area (Å²) < 4.78 is 33.4. The molecule has 0 saturated heterocycles. The Morgan fingerprint density at radius 1 is 1.14 bits per heavy atom. The fourth-order valence-electron chi connectivity index (χ4n) is 2.80. The van der Waals surface area contributed by atoms with Crippen molar-refractivity contribution in [2.75, 3.05) is 11.8 Å². The molecule has 0 heterocycles. The summed E-state index contributed by atoms with van der Waals surface area (Å²) in [7, 11) is -2.64.